The number of nitro groups is 1. The van der Waals surface area contributed by atoms with E-state index in [-0.39, 0.29) is 21.7 Å². The molecule has 0 fully saturated rings. The number of hydrogen-bond donors (Lipinski definition) is 2. The molecule has 27 heavy (non-hydrogen) atoms. The highest BCUT2D eigenvalue weighted by molar-refractivity contribution is 7.99. The summed E-state index contributed by atoms with van der Waals surface area (Å²) < 4.78 is 0. The van der Waals surface area contributed by atoms with Gasteiger partial charge in [0.2, 0.25) is 0 Å². The number of carbonyl (C=O) groups is 2. The van der Waals surface area contributed by atoms with E-state index in [1.165, 1.54) is 57.0 Å². The fourth-order valence-corrected chi connectivity index (χ4v) is 3.89. The third-order valence-electron chi connectivity index (χ3n) is 4.24. The van der Waals surface area contributed by atoms with Crippen molar-refractivity contribution in [2.45, 2.75) is 63.2 Å². The van der Waals surface area contributed by atoms with Crippen LogP contribution in [0.1, 0.15) is 79.0 Å². The second kappa shape index (κ2) is 12.3. The lowest BCUT2D eigenvalue weighted by atomic mass is 10.1. The van der Waals surface area contributed by atoms with E-state index in [1.807, 2.05) is 0 Å². The van der Waals surface area contributed by atoms with E-state index in [9.17, 15) is 24.8 Å². The number of benzene rings is 1. The Kier molecular flexibility index (Phi) is 10.5. The molecular formula is C19H28N2O5S. The summed E-state index contributed by atoms with van der Waals surface area (Å²) in [7, 11) is 1.36. The first-order valence-corrected chi connectivity index (χ1v) is 10.3. The molecule has 1 aromatic rings. The molecule has 0 heterocycles. The normalized spacial score (nSPS) is 10.6. The number of nitrogens with zero attached hydrogens (tertiary/aromatic N) is 1. The van der Waals surface area contributed by atoms with Gasteiger partial charge in [0, 0.05) is 24.1 Å². The van der Waals surface area contributed by atoms with Crippen molar-refractivity contribution in [1.82, 2.24) is 5.32 Å². The van der Waals surface area contributed by atoms with E-state index in [2.05, 4.69) is 12.2 Å². The predicted octanol–water partition coefficient (Wildman–Crippen LogP) is 4.89. The van der Waals surface area contributed by atoms with Crippen LogP contribution in [0.5, 0.6) is 0 Å². The summed E-state index contributed by atoms with van der Waals surface area (Å²) >= 11 is 1.26. The number of carboxylic acid groups (broad SMARTS) is 1. The van der Waals surface area contributed by atoms with Gasteiger partial charge in [0.15, 0.2) is 0 Å². The number of hydrogen-bond acceptors (Lipinski definition) is 5. The van der Waals surface area contributed by atoms with Gasteiger partial charge in [-0.25, -0.2) is 4.79 Å². The lowest BCUT2D eigenvalue weighted by Crippen LogP contribution is -2.22. The van der Waals surface area contributed by atoms with Crippen molar-refractivity contribution in [1.29, 1.82) is 0 Å². The number of nitrogens with one attached hydrogen (secondary N) is 1. The van der Waals surface area contributed by atoms with Crippen molar-refractivity contribution in [2.24, 2.45) is 0 Å². The monoisotopic (exact) mass is 396 g/mol. The topological polar surface area (TPSA) is 110 Å². The second-order valence-corrected chi connectivity index (χ2v) is 7.47. The molecule has 0 spiro atoms. The summed E-state index contributed by atoms with van der Waals surface area (Å²) in [5.41, 5.74) is -0.640. The van der Waals surface area contributed by atoms with Crippen molar-refractivity contribution < 1.29 is 19.6 Å². The van der Waals surface area contributed by atoms with Crippen LogP contribution < -0.4 is 5.32 Å². The number of carboxylic acids is 1. The lowest BCUT2D eigenvalue weighted by molar-refractivity contribution is -0.385. The SMILES string of the molecule is CCCCCCCCCCSc1cc([N+](=O)[O-])cc(C(=O)NC)c1C(=O)O. The molecule has 0 saturated heterocycles. The summed E-state index contributed by atoms with van der Waals surface area (Å²) in [6.45, 7) is 2.19. The summed E-state index contributed by atoms with van der Waals surface area (Å²) in [5, 5.41) is 23.0. The first-order chi connectivity index (χ1) is 12.9. The maximum Gasteiger partial charge on any atom is 0.337 e. The van der Waals surface area contributed by atoms with Crippen molar-refractivity contribution in [3.63, 3.8) is 0 Å². The number of nitro benzene ring substituents is 1. The van der Waals surface area contributed by atoms with Gasteiger partial charge in [-0.2, -0.15) is 0 Å². The van der Waals surface area contributed by atoms with Crippen molar-refractivity contribution in [3.8, 4) is 0 Å². The Morgan fingerprint density at radius 2 is 1.70 bits per heavy atom. The molecule has 0 atom stereocenters. The van der Waals surface area contributed by atoms with E-state index in [4.69, 9.17) is 0 Å². The lowest BCUT2D eigenvalue weighted by Gasteiger charge is -2.11. The van der Waals surface area contributed by atoms with Crippen LogP contribution in [0, 0.1) is 10.1 Å². The zero-order valence-electron chi connectivity index (χ0n) is 16.0. The van der Waals surface area contributed by atoms with Crippen LogP contribution >= 0.6 is 11.8 Å². The molecule has 0 saturated carbocycles. The van der Waals surface area contributed by atoms with Crippen LogP contribution in [0.4, 0.5) is 5.69 Å². The van der Waals surface area contributed by atoms with E-state index < -0.39 is 16.8 Å². The number of rotatable bonds is 13. The van der Waals surface area contributed by atoms with E-state index in [0.29, 0.717) is 5.75 Å². The summed E-state index contributed by atoms with van der Waals surface area (Å²) in [6, 6.07) is 2.26. The van der Waals surface area contributed by atoms with Gasteiger partial charge in [-0.05, 0) is 12.2 Å². The quantitative estimate of drug-likeness (QED) is 0.213. The highest BCUT2D eigenvalue weighted by Crippen LogP contribution is 2.31. The van der Waals surface area contributed by atoms with Gasteiger partial charge in [-0.3, -0.25) is 14.9 Å². The van der Waals surface area contributed by atoms with Gasteiger partial charge in [-0.15, -0.1) is 11.8 Å². The van der Waals surface area contributed by atoms with E-state index in [1.54, 1.807) is 0 Å². The molecule has 1 rings (SSSR count). The van der Waals surface area contributed by atoms with Crippen molar-refractivity contribution in [2.75, 3.05) is 12.8 Å². The zero-order valence-corrected chi connectivity index (χ0v) is 16.8. The highest BCUT2D eigenvalue weighted by Gasteiger charge is 2.25. The van der Waals surface area contributed by atoms with Crippen LogP contribution in [0.25, 0.3) is 0 Å². The Morgan fingerprint density at radius 1 is 1.11 bits per heavy atom. The van der Waals surface area contributed by atoms with Crippen LogP contribution in [0.2, 0.25) is 0 Å². The molecule has 1 amide bonds. The number of non-ortho nitro benzene ring substituents is 1. The van der Waals surface area contributed by atoms with Gasteiger partial charge >= 0.3 is 5.97 Å². The molecule has 0 bridgehead atoms. The van der Waals surface area contributed by atoms with Gasteiger partial charge < -0.3 is 10.4 Å². The van der Waals surface area contributed by atoms with Crippen molar-refractivity contribution in [3.05, 3.63) is 33.4 Å². The van der Waals surface area contributed by atoms with Gasteiger partial charge in [0.1, 0.15) is 0 Å². The summed E-state index contributed by atoms with van der Waals surface area (Å²) in [6.07, 6.45) is 9.27. The van der Waals surface area contributed by atoms with Gasteiger partial charge in [-0.1, -0.05) is 51.9 Å². The summed E-state index contributed by atoms with van der Waals surface area (Å²) in [4.78, 5) is 34.4. The van der Waals surface area contributed by atoms with E-state index >= 15 is 0 Å². The minimum Gasteiger partial charge on any atom is -0.478 e. The minimum absolute atomic E-state index is 0.176. The van der Waals surface area contributed by atoms with Crippen molar-refractivity contribution >= 4 is 29.3 Å². The first kappa shape index (κ1) is 23.0. The second-order valence-electron chi connectivity index (χ2n) is 6.33. The fourth-order valence-electron chi connectivity index (χ4n) is 2.77. The number of aromatic carboxylic acids is 1. The molecule has 0 unspecified atom stereocenters. The molecule has 150 valence electrons. The van der Waals surface area contributed by atoms with Crippen LogP contribution in [0.3, 0.4) is 0 Å². The average Bonchev–Trinajstić information content (AvgIpc) is 2.64. The van der Waals surface area contributed by atoms with Gasteiger partial charge in [0.05, 0.1) is 16.1 Å². The maximum absolute atomic E-state index is 12.0. The average molecular weight is 397 g/mol. The molecule has 1 aromatic carbocycles. The largest absolute Gasteiger partial charge is 0.478 e. The van der Waals surface area contributed by atoms with E-state index in [0.717, 1.165) is 25.3 Å². The smallest absolute Gasteiger partial charge is 0.337 e. The Labute approximate surface area is 164 Å². The first-order valence-electron chi connectivity index (χ1n) is 9.33. The number of amides is 1. The minimum atomic E-state index is -1.26. The Morgan fingerprint density at radius 3 is 2.22 bits per heavy atom. The Hall–Kier alpha value is -2.09. The Bertz CT molecular complexity index is 664. The third kappa shape index (κ3) is 7.58. The maximum atomic E-state index is 12.0. The van der Waals surface area contributed by atoms with Gasteiger partial charge in [0.25, 0.3) is 11.6 Å². The van der Waals surface area contributed by atoms with Crippen LogP contribution in [-0.4, -0.2) is 34.7 Å². The molecule has 2 N–H and O–H groups in total. The third-order valence-corrected chi connectivity index (χ3v) is 5.36. The molecule has 0 radical (unpaired) electrons. The zero-order chi connectivity index (χ0) is 20.2. The van der Waals surface area contributed by atoms with Crippen LogP contribution in [0.15, 0.2) is 17.0 Å². The molecule has 8 heteroatoms. The number of carbonyl (C=O) groups excluding carboxylic acids is 1. The molecule has 0 aliphatic rings. The van der Waals surface area contributed by atoms with Crippen LogP contribution in [-0.2, 0) is 0 Å². The Balaban J connectivity index is 2.75. The summed E-state index contributed by atoms with van der Waals surface area (Å²) in [5.74, 6) is -1.25. The molecule has 0 aromatic heterocycles. The fraction of sp³-hybridized carbons (Fsp3) is 0.579. The standard InChI is InChI=1S/C19H28N2O5S/c1-3-4-5-6-7-8-9-10-11-27-16-13-14(21(25)26)12-15(18(22)20-2)17(16)19(23)24/h12-13H,3-11H2,1-2H3,(H,20,22)(H,23,24). The molecule has 7 nitrogen and oxygen atoms in total. The molecular weight excluding hydrogens is 368 g/mol. The molecule has 0 aliphatic carbocycles. The number of unbranched alkanes of at least 4 members (excludes halogenated alkanes) is 7. The highest BCUT2D eigenvalue weighted by atomic mass is 32.2. The predicted molar refractivity (Wildman–Crippen MR) is 107 cm³/mol. The number of thioether (sulfide) groups is 1. The molecule has 0 aliphatic heterocycles.